The van der Waals surface area contributed by atoms with Gasteiger partial charge < -0.3 is 15.0 Å². The Morgan fingerprint density at radius 1 is 1.26 bits per heavy atom. The molecule has 1 atom stereocenters. The molecule has 0 radical (unpaired) electrons. The molecule has 1 N–H and O–H groups in total. The second-order valence-corrected chi connectivity index (χ2v) is 7.15. The van der Waals surface area contributed by atoms with E-state index in [-0.39, 0.29) is 11.9 Å². The summed E-state index contributed by atoms with van der Waals surface area (Å²) in [5.74, 6) is 1.18. The van der Waals surface area contributed by atoms with Crippen molar-refractivity contribution < 1.29 is 9.53 Å². The van der Waals surface area contributed by atoms with Gasteiger partial charge in [-0.15, -0.1) is 0 Å². The minimum atomic E-state index is 0.00428. The quantitative estimate of drug-likeness (QED) is 0.937. The molecule has 1 amide bonds. The Labute approximate surface area is 139 Å². The lowest BCUT2D eigenvalue weighted by Crippen LogP contribution is -2.57. The highest BCUT2D eigenvalue weighted by Gasteiger charge is 2.35. The SMILES string of the molecule is O=C(NC1CN2CCC1CC2)c1ccc(Oc2ccccn2)s1. The third kappa shape index (κ3) is 3.23. The number of amides is 1. The Balaban J connectivity index is 1.39. The molecule has 0 saturated carbocycles. The molecule has 2 bridgehead atoms. The molecule has 3 aliphatic rings. The van der Waals surface area contributed by atoms with Crippen LogP contribution in [0.2, 0.25) is 0 Å². The summed E-state index contributed by atoms with van der Waals surface area (Å²) in [5, 5.41) is 3.89. The summed E-state index contributed by atoms with van der Waals surface area (Å²) in [4.78, 5) is 19.7. The van der Waals surface area contributed by atoms with Crippen LogP contribution in [0.1, 0.15) is 22.5 Å². The smallest absolute Gasteiger partial charge is 0.261 e. The van der Waals surface area contributed by atoms with Gasteiger partial charge in [0.1, 0.15) is 0 Å². The summed E-state index contributed by atoms with van der Waals surface area (Å²) in [7, 11) is 0. The number of carbonyl (C=O) groups excluding carboxylic acids is 1. The molecule has 0 aromatic carbocycles. The lowest BCUT2D eigenvalue weighted by molar-refractivity contribution is 0.0622. The molecule has 0 aliphatic carbocycles. The van der Waals surface area contributed by atoms with Crippen molar-refractivity contribution in [2.24, 2.45) is 5.92 Å². The third-order valence-corrected chi connectivity index (χ3v) is 5.58. The lowest BCUT2D eigenvalue weighted by Gasteiger charge is -2.44. The summed E-state index contributed by atoms with van der Waals surface area (Å²) in [6.07, 6.45) is 4.08. The van der Waals surface area contributed by atoms with Gasteiger partial charge in [-0.1, -0.05) is 17.4 Å². The van der Waals surface area contributed by atoms with Crippen molar-refractivity contribution >= 4 is 17.2 Å². The van der Waals surface area contributed by atoms with E-state index in [4.69, 9.17) is 4.74 Å². The fraction of sp³-hybridized carbons (Fsp3) is 0.412. The largest absolute Gasteiger partial charge is 0.428 e. The van der Waals surface area contributed by atoms with Gasteiger partial charge in [-0.3, -0.25) is 4.79 Å². The number of thiophene rings is 1. The van der Waals surface area contributed by atoms with E-state index in [0.717, 1.165) is 6.54 Å². The standard InChI is InChI=1S/C17H19N3O2S/c21-17(19-13-11-20-9-6-12(13)7-10-20)14-4-5-16(23-14)22-15-3-1-2-8-18-15/h1-5,8,12-13H,6-7,9-11H2,(H,19,21). The van der Waals surface area contributed by atoms with E-state index < -0.39 is 0 Å². The van der Waals surface area contributed by atoms with Crippen molar-refractivity contribution in [2.75, 3.05) is 19.6 Å². The molecule has 23 heavy (non-hydrogen) atoms. The van der Waals surface area contributed by atoms with Crippen molar-refractivity contribution in [1.29, 1.82) is 0 Å². The molecule has 5 nitrogen and oxygen atoms in total. The van der Waals surface area contributed by atoms with Gasteiger partial charge in [-0.25, -0.2) is 4.98 Å². The van der Waals surface area contributed by atoms with Crippen molar-refractivity contribution in [2.45, 2.75) is 18.9 Å². The molecule has 5 rings (SSSR count). The van der Waals surface area contributed by atoms with Crippen LogP contribution in [0.15, 0.2) is 36.5 Å². The van der Waals surface area contributed by atoms with E-state index in [1.165, 1.54) is 37.3 Å². The summed E-state index contributed by atoms with van der Waals surface area (Å²) >= 11 is 1.36. The number of nitrogens with zero attached hydrogens (tertiary/aromatic N) is 2. The Hall–Kier alpha value is -1.92. The van der Waals surface area contributed by atoms with Crippen LogP contribution in [0.4, 0.5) is 0 Å². The average molecular weight is 329 g/mol. The summed E-state index contributed by atoms with van der Waals surface area (Å²) < 4.78 is 5.67. The van der Waals surface area contributed by atoms with Gasteiger partial charge >= 0.3 is 0 Å². The molecular weight excluding hydrogens is 310 g/mol. The van der Waals surface area contributed by atoms with Crippen LogP contribution >= 0.6 is 11.3 Å². The van der Waals surface area contributed by atoms with Crippen molar-refractivity contribution in [3.8, 4) is 10.9 Å². The van der Waals surface area contributed by atoms with Gasteiger partial charge in [-0.2, -0.15) is 0 Å². The van der Waals surface area contributed by atoms with Crippen molar-refractivity contribution in [3.63, 3.8) is 0 Å². The first-order valence-corrected chi connectivity index (χ1v) is 8.81. The highest BCUT2D eigenvalue weighted by Crippen LogP contribution is 2.30. The summed E-state index contributed by atoms with van der Waals surface area (Å²) in [6.45, 7) is 3.34. The molecular formula is C17H19N3O2S. The summed E-state index contributed by atoms with van der Waals surface area (Å²) in [6, 6.07) is 9.44. The van der Waals surface area contributed by atoms with Gasteiger partial charge in [0.05, 0.1) is 4.88 Å². The molecule has 120 valence electrons. The van der Waals surface area contributed by atoms with Crippen LogP contribution in [0.25, 0.3) is 0 Å². The number of ether oxygens (including phenoxy) is 1. The molecule has 1 unspecified atom stereocenters. The number of carbonyl (C=O) groups is 1. The second kappa shape index (κ2) is 6.29. The number of nitrogens with one attached hydrogen (secondary N) is 1. The van der Waals surface area contributed by atoms with Crippen molar-refractivity contribution in [3.05, 3.63) is 41.4 Å². The maximum atomic E-state index is 12.5. The Bertz CT molecular complexity index is 680. The predicted octanol–water partition coefficient (Wildman–Crippen LogP) is 2.76. The number of piperidine rings is 3. The van der Waals surface area contributed by atoms with Crippen LogP contribution in [0, 0.1) is 5.92 Å². The Morgan fingerprint density at radius 2 is 2.13 bits per heavy atom. The number of fused-ring (bicyclic) bond motifs is 3. The molecule has 3 aliphatic heterocycles. The second-order valence-electron chi connectivity index (χ2n) is 6.11. The molecule has 2 aromatic rings. The number of hydrogen-bond acceptors (Lipinski definition) is 5. The third-order valence-electron chi connectivity index (χ3n) is 4.62. The van der Waals surface area contributed by atoms with Crippen LogP contribution in [-0.4, -0.2) is 41.5 Å². The van der Waals surface area contributed by atoms with Crippen molar-refractivity contribution in [1.82, 2.24) is 15.2 Å². The van der Waals surface area contributed by atoms with E-state index in [1.54, 1.807) is 12.3 Å². The number of rotatable bonds is 4. The molecule has 3 fully saturated rings. The van der Waals surface area contributed by atoms with Gasteiger partial charge in [-0.05, 0) is 50.0 Å². The van der Waals surface area contributed by atoms with Crippen LogP contribution in [0.5, 0.6) is 10.9 Å². The zero-order valence-electron chi connectivity index (χ0n) is 12.8. The minimum Gasteiger partial charge on any atom is -0.428 e. The first kappa shape index (κ1) is 14.7. The van der Waals surface area contributed by atoms with Gasteiger partial charge in [0, 0.05) is 24.8 Å². The molecule has 5 heterocycles. The molecule has 0 spiro atoms. The first-order valence-electron chi connectivity index (χ1n) is 8.00. The zero-order chi connectivity index (χ0) is 15.6. The fourth-order valence-corrected chi connectivity index (χ4v) is 4.14. The topological polar surface area (TPSA) is 54.5 Å². The van der Waals surface area contributed by atoms with Gasteiger partial charge in [0.2, 0.25) is 5.88 Å². The average Bonchev–Trinajstić information content (AvgIpc) is 3.05. The summed E-state index contributed by atoms with van der Waals surface area (Å²) in [5.41, 5.74) is 0. The van der Waals surface area contributed by atoms with Gasteiger partial charge in [0.25, 0.3) is 5.91 Å². The Kier molecular flexibility index (Phi) is 4.01. The zero-order valence-corrected chi connectivity index (χ0v) is 13.6. The normalized spacial score (nSPS) is 26.0. The van der Waals surface area contributed by atoms with Crippen LogP contribution in [0.3, 0.4) is 0 Å². The van der Waals surface area contributed by atoms with Crippen LogP contribution < -0.4 is 10.1 Å². The molecule has 6 heteroatoms. The maximum absolute atomic E-state index is 12.5. The number of pyridine rings is 1. The van der Waals surface area contributed by atoms with Crippen LogP contribution in [-0.2, 0) is 0 Å². The highest BCUT2D eigenvalue weighted by molar-refractivity contribution is 7.15. The number of aromatic nitrogens is 1. The predicted molar refractivity (Wildman–Crippen MR) is 89.0 cm³/mol. The van der Waals surface area contributed by atoms with Gasteiger partial charge in [0.15, 0.2) is 5.06 Å². The fourth-order valence-electron chi connectivity index (χ4n) is 3.38. The van der Waals surface area contributed by atoms with E-state index in [9.17, 15) is 4.79 Å². The lowest BCUT2D eigenvalue weighted by atomic mass is 9.84. The minimum absolute atomic E-state index is 0.00428. The first-order chi connectivity index (χ1) is 11.3. The number of hydrogen-bond donors (Lipinski definition) is 1. The molecule has 3 saturated heterocycles. The monoisotopic (exact) mass is 329 g/mol. The highest BCUT2D eigenvalue weighted by atomic mass is 32.1. The Morgan fingerprint density at radius 3 is 2.83 bits per heavy atom. The van der Waals surface area contributed by atoms with E-state index in [1.807, 2.05) is 24.3 Å². The van der Waals surface area contributed by atoms with E-state index in [0.29, 0.717) is 21.7 Å². The maximum Gasteiger partial charge on any atom is 0.261 e. The van der Waals surface area contributed by atoms with E-state index in [2.05, 4.69) is 15.2 Å². The molecule has 2 aromatic heterocycles. The van der Waals surface area contributed by atoms with E-state index >= 15 is 0 Å².